The van der Waals surface area contributed by atoms with E-state index in [9.17, 15) is 0 Å². The smallest absolute Gasteiger partial charge is 0.209 e. The normalized spacial score (nSPS) is 15.8. The van der Waals surface area contributed by atoms with Crippen molar-refractivity contribution < 1.29 is 4.74 Å². The number of hydrogen-bond acceptors (Lipinski definition) is 4. The first kappa shape index (κ1) is 13.3. The molecule has 1 aliphatic carbocycles. The molecule has 1 aromatic rings. The minimum Gasteiger partial charge on any atom is -0.383 e. The van der Waals surface area contributed by atoms with Gasteiger partial charge in [0.05, 0.1) is 19.7 Å². The van der Waals surface area contributed by atoms with Crippen LogP contribution in [0.1, 0.15) is 17.7 Å². The molecule has 0 unspecified atom stereocenters. The average molecular weight is 268 g/mol. The van der Waals surface area contributed by atoms with Gasteiger partial charge in [-0.3, -0.25) is 5.43 Å². The van der Waals surface area contributed by atoms with Crippen LogP contribution in [0.25, 0.3) is 0 Å². The second-order valence-electron chi connectivity index (χ2n) is 4.28. The van der Waals surface area contributed by atoms with E-state index in [0.717, 1.165) is 12.5 Å². The van der Waals surface area contributed by atoms with Crippen LogP contribution in [-0.2, 0) is 11.3 Å². The summed E-state index contributed by atoms with van der Waals surface area (Å²) in [6.07, 6.45) is 2.44. The second kappa shape index (κ2) is 6.72. The zero-order valence-corrected chi connectivity index (χ0v) is 11.4. The molecule has 0 spiro atoms. The first-order valence-corrected chi connectivity index (χ1v) is 7.02. The van der Waals surface area contributed by atoms with Gasteiger partial charge in [-0.05, 0) is 24.3 Å². The van der Waals surface area contributed by atoms with Crippen LogP contribution >= 0.6 is 11.3 Å². The average Bonchev–Trinajstić information content (AvgIpc) is 3.10. The third-order valence-electron chi connectivity index (χ3n) is 2.85. The fraction of sp³-hybridized carbons (Fsp3) is 0.583. The first-order valence-electron chi connectivity index (χ1n) is 6.14. The maximum absolute atomic E-state index is 5.59. The number of rotatable bonds is 6. The number of nitrogens with zero attached hydrogens (tertiary/aromatic N) is 2. The number of hydrazine groups is 1. The Hall–Kier alpha value is -1.11. The molecule has 1 aliphatic rings. The van der Waals surface area contributed by atoms with E-state index in [1.54, 1.807) is 18.4 Å². The van der Waals surface area contributed by atoms with E-state index in [1.165, 1.54) is 17.7 Å². The highest BCUT2D eigenvalue weighted by Crippen LogP contribution is 2.29. The molecule has 1 heterocycles. The summed E-state index contributed by atoms with van der Waals surface area (Å²) in [5.41, 5.74) is 2.72. The van der Waals surface area contributed by atoms with Gasteiger partial charge in [0.1, 0.15) is 0 Å². The van der Waals surface area contributed by atoms with Crippen molar-refractivity contribution in [1.29, 1.82) is 0 Å². The summed E-state index contributed by atoms with van der Waals surface area (Å²) >= 11 is 1.76. The number of thiophene rings is 1. The molecule has 0 aliphatic heterocycles. The zero-order valence-electron chi connectivity index (χ0n) is 10.6. The Balaban J connectivity index is 2.00. The van der Waals surface area contributed by atoms with E-state index in [2.05, 4.69) is 32.8 Å². The minimum atomic E-state index is 0.574. The number of aliphatic imine (C=N–C) groups is 1. The molecule has 0 atom stereocenters. The summed E-state index contributed by atoms with van der Waals surface area (Å²) in [5, 5.41) is 2.10. The SMILES string of the molecule is COCCN=C(NN)N(Cc1cccs1)C1CC1. The highest BCUT2D eigenvalue weighted by atomic mass is 32.1. The molecule has 0 saturated heterocycles. The van der Waals surface area contributed by atoms with E-state index in [0.29, 0.717) is 19.2 Å². The Kier molecular flexibility index (Phi) is 4.98. The Morgan fingerprint density at radius 3 is 3.06 bits per heavy atom. The third kappa shape index (κ3) is 3.69. The standard InChI is InChI=1S/C12H20N4OS/c1-17-7-6-14-12(15-13)16(10-4-5-10)9-11-3-2-8-18-11/h2-3,8,10H,4-7,9,13H2,1H3,(H,14,15). The molecule has 1 fully saturated rings. The van der Waals surface area contributed by atoms with Gasteiger partial charge in [0, 0.05) is 18.0 Å². The van der Waals surface area contributed by atoms with Crippen LogP contribution in [0.15, 0.2) is 22.5 Å². The summed E-state index contributed by atoms with van der Waals surface area (Å²) in [7, 11) is 1.68. The van der Waals surface area contributed by atoms with Crippen LogP contribution in [0.4, 0.5) is 0 Å². The molecule has 0 amide bonds. The van der Waals surface area contributed by atoms with E-state index in [-0.39, 0.29) is 0 Å². The molecule has 5 nitrogen and oxygen atoms in total. The van der Waals surface area contributed by atoms with E-state index >= 15 is 0 Å². The fourth-order valence-electron chi connectivity index (χ4n) is 1.80. The lowest BCUT2D eigenvalue weighted by molar-refractivity contribution is 0.207. The monoisotopic (exact) mass is 268 g/mol. The minimum absolute atomic E-state index is 0.574. The summed E-state index contributed by atoms with van der Waals surface area (Å²) in [6, 6.07) is 4.79. The van der Waals surface area contributed by atoms with Crippen LogP contribution < -0.4 is 11.3 Å². The predicted octanol–water partition coefficient (Wildman–Crippen LogP) is 1.18. The number of methoxy groups -OCH3 is 1. The molecular weight excluding hydrogens is 248 g/mol. The molecule has 0 aromatic carbocycles. The number of guanidine groups is 1. The van der Waals surface area contributed by atoms with Crippen molar-refractivity contribution in [3.63, 3.8) is 0 Å². The molecule has 6 heteroatoms. The number of ether oxygens (including phenoxy) is 1. The van der Waals surface area contributed by atoms with Crippen molar-refractivity contribution in [2.75, 3.05) is 20.3 Å². The Bertz CT molecular complexity index is 375. The molecule has 0 bridgehead atoms. The largest absolute Gasteiger partial charge is 0.383 e. The van der Waals surface area contributed by atoms with Crippen LogP contribution in [0.2, 0.25) is 0 Å². The van der Waals surface area contributed by atoms with Crippen molar-refractivity contribution in [1.82, 2.24) is 10.3 Å². The van der Waals surface area contributed by atoms with Gasteiger partial charge in [-0.15, -0.1) is 11.3 Å². The van der Waals surface area contributed by atoms with Gasteiger partial charge in [0.2, 0.25) is 5.96 Å². The van der Waals surface area contributed by atoms with Gasteiger partial charge >= 0.3 is 0 Å². The van der Waals surface area contributed by atoms with Gasteiger partial charge in [0.15, 0.2) is 0 Å². The van der Waals surface area contributed by atoms with Crippen molar-refractivity contribution in [3.8, 4) is 0 Å². The number of nitrogens with two attached hydrogens (primary N) is 1. The predicted molar refractivity (Wildman–Crippen MR) is 74.4 cm³/mol. The maximum Gasteiger partial charge on any atom is 0.209 e. The molecule has 2 rings (SSSR count). The fourth-order valence-corrected chi connectivity index (χ4v) is 2.50. The van der Waals surface area contributed by atoms with Gasteiger partial charge < -0.3 is 9.64 Å². The zero-order chi connectivity index (χ0) is 12.8. The quantitative estimate of drug-likeness (QED) is 0.267. The molecule has 3 N–H and O–H groups in total. The topological polar surface area (TPSA) is 62.9 Å². The van der Waals surface area contributed by atoms with Crippen LogP contribution in [0.3, 0.4) is 0 Å². The Morgan fingerprint density at radius 2 is 2.50 bits per heavy atom. The summed E-state index contributed by atoms with van der Waals surface area (Å²) in [6.45, 7) is 2.12. The number of nitrogens with one attached hydrogen (secondary N) is 1. The van der Waals surface area contributed by atoms with Gasteiger partial charge in [0.25, 0.3) is 0 Å². The van der Waals surface area contributed by atoms with Crippen LogP contribution in [0.5, 0.6) is 0 Å². The van der Waals surface area contributed by atoms with E-state index in [1.807, 2.05) is 0 Å². The lowest BCUT2D eigenvalue weighted by Crippen LogP contribution is -2.45. The van der Waals surface area contributed by atoms with Crippen molar-refractivity contribution in [2.24, 2.45) is 10.8 Å². The lowest BCUT2D eigenvalue weighted by atomic mass is 10.4. The van der Waals surface area contributed by atoms with E-state index < -0.39 is 0 Å². The molecular formula is C12H20N4OS. The molecule has 18 heavy (non-hydrogen) atoms. The highest BCUT2D eigenvalue weighted by molar-refractivity contribution is 7.09. The van der Waals surface area contributed by atoms with Crippen molar-refractivity contribution in [3.05, 3.63) is 22.4 Å². The Labute approximate surface area is 112 Å². The summed E-state index contributed by atoms with van der Waals surface area (Å²) in [4.78, 5) is 8.04. The van der Waals surface area contributed by atoms with Crippen LogP contribution in [0, 0.1) is 0 Å². The number of hydrogen-bond donors (Lipinski definition) is 2. The lowest BCUT2D eigenvalue weighted by Gasteiger charge is -2.24. The second-order valence-corrected chi connectivity index (χ2v) is 5.31. The molecule has 1 aromatic heterocycles. The molecule has 100 valence electrons. The first-order chi connectivity index (χ1) is 8.85. The van der Waals surface area contributed by atoms with E-state index in [4.69, 9.17) is 10.6 Å². The van der Waals surface area contributed by atoms with Gasteiger partial charge in [-0.1, -0.05) is 6.07 Å². The van der Waals surface area contributed by atoms with Crippen molar-refractivity contribution in [2.45, 2.75) is 25.4 Å². The Morgan fingerprint density at radius 1 is 1.67 bits per heavy atom. The van der Waals surface area contributed by atoms with Gasteiger partial charge in [-0.25, -0.2) is 10.8 Å². The summed E-state index contributed by atoms with van der Waals surface area (Å²) < 4.78 is 5.01. The third-order valence-corrected chi connectivity index (χ3v) is 3.71. The van der Waals surface area contributed by atoms with Crippen LogP contribution in [-0.4, -0.2) is 37.2 Å². The molecule has 0 radical (unpaired) electrons. The molecule has 1 saturated carbocycles. The summed E-state index contributed by atoms with van der Waals surface area (Å²) in [5.74, 6) is 6.36. The maximum atomic E-state index is 5.59. The van der Waals surface area contributed by atoms with Gasteiger partial charge in [-0.2, -0.15) is 0 Å². The highest BCUT2D eigenvalue weighted by Gasteiger charge is 2.31. The van der Waals surface area contributed by atoms with Crippen molar-refractivity contribution >= 4 is 17.3 Å².